The number of phenols is 1. The summed E-state index contributed by atoms with van der Waals surface area (Å²) in [5, 5.41) is 18.1. The molecule has 0 aliphatic carbocycles. The fourth-order valence-corrected chi connectivity index (χ4v) is 1.22. The number of phenolic OH excluding ortho intramolecular Hbond substituents is 1. The van der Waals surface area contributed by atoms with Gasteiger partial charge in [0.2, 0.25) is 0 Å². The molecule has 1 aromatic rings. The van der Waals surface area contributed by atoms with Gasteiger partial charge in [0.25, 0.3) is 5.91 Å². The van der Waals surface area contributed by atoms with E-state index in [-0.39, 0.29) is 11.3 Å². The molecule has 88 valence electrons. The third-order valence-electron chi connectivity index (χ3n) is 1.98. The Labute approximate surface area is 98.7 Å². The topological polar surface area (TPSA) is 96.3 Å². The van der Waals surface area contributed by atoms with Crippen LogP contribution in [0.15, 0.2) is 23.8 Å². The summed E-state index contributed by atoms with van der Waals surface area (Å²) in [6.45, 7) is 2.19. The molecule has 0 saturated heterocycles. The van der Waals surface area contributed by atoms with Crippen LogP contribution in [0.25, 0.3) is 6.08 Å². The van der Waals surface area contributed by atoms with Crippen molar-refractivity contribution >= 4 is 12.0 Å². The zero-order chi connectivity index (χ0) is 12.8. The Morgan fingerprint density at radius 3 is 2.88 bits per heavy atom. The van der Waals surface area contributed by atoms with Crippen LogP contribution in [-0.2, 0) is 4.79 Å². The first-order chi connectivity index (χ1) is 8.08. The van der Waals surface area contributed by atoms with Gasteiger partial charge in [-0.05, 0) is 30.7 Å². The maximum atomic E-state index is 10.9. The smallest absolute Gasteiger partial charge is 0.259 e. The molecule has 0 heterocycles. The van der Waals surface area contributed by atoms with Crippen molar-refractivity contribution in [2.24, 2.45) is 5.73 Å². The van der Waals surface area contributed by atoms with Crippen LogP contribution < -0.4 is 10.5 Å². The number of primary amides is 1. The molecule has 0 aliphatic heterocycles. The zero-order valence-electron chi connectivity index (χ0n) is 9.30. The summed E-state index contributed by atoms with van der Waals surface area (Å²) in [5.41, 5.74) is 5.41. The van der Waals surface area contributed by atoms with Gasteiger partial charge in [-0.15, -0.1) is 0 Å². The first kappa shape index (κ1) is 12.6. The molecule has 0 radical (unpaired) electrons. The van der Waals surface area contributed by atoms with Gasteiger partial charge >= 0.3 is 0 Å². The molecule has 17 heavy (non-hydrogen) atoms. The highest BCUT2D eigenvalue weighted by Crippen LogP contribution is 2.27. The van der Waals surface area contributed by atoms with Crippen molar-refractivity contribution in [1.82, 2.24) is 0 Å². The van der Waals surface area contributed by atoms with Crippen LogP contribution in [0.4, 0.5) is 0 Å². The van der Waals surface area contributed by atoms with Gasteiger partial charge < -0.3 is 15.6 Å². The van der Waals surface area contributed by atoms with Crippen LogP contribution in [0.5, 0.6) is 11.5 Å². The SMILES string of the molecule is CCOc1cc(/C=C(\C#N)C(N)=O)ccc1O. The number of hydrogen-bond donors (Lipinski definition) is 2. The second-order valence-electron chi connectivity index (χ2n) is 3.19. The fraction of sp³-hybridized carbons (Fsp3) is 0.167. The third kappa shape index (κ3) is 3.24. The van der Waals surface area contributed by atoms with Gasteiger partial charge in [0.1, 0.15) is 11.6 Å². The maximum absolute atomic E-state index is 10.9. The Morgan fingerprint density at radius 2 is 2.35 bits per heavy atom. The van der Waals surface area contributed by atoms with E-state index in [1.54, 1.807) is 19.1 Å². The van der Waals surface area contributed by atoms with Crippen molar-refractivity contribution < 1.29 is 14.6 Å². The highest BCUT2D eigenvalue weighted by Gasteiger charge is 2.06. The van der Waals surface area contributed by atoms with Crippen molar-refractivity contribution in [3.63, 3.8) is 0 Å². The number of ether oxygens (including phenoxy) is 1. The number of carbonyl (C=O) groups excluding carboxylic acids is 1. The van der Waals surface area contributed by atoms with Crippen molar-refractivity contribution in [2.45, 2.75) is 6.92 Å². The van der Waals surface area contributed by atoms with E-state index in [9.17, 15) is 9.90 Å². The Morgan fingerprint density at radius 1 is 1.65 bits per heavy atom. The highest BCUT2D eigenvalue weighted by molar-refractivity contribution is 6.00. The lowest BCUT2D eigenvalue weighted by Crippen LogP contribution is -2.12. The Balaban J connectivity index is 3.12. The molecule has 0 unspecified atom stereocenters. The van der Waals surface area contributed by atoms with E-state index in [0.29, 0.717) is 17.9 Å². The standard InChI is InChI=1S/C12H12N2O3/c1-2-17-11-6-8(3-4-10(11)15)5-9(7-13)12(14)16/h3-6,15H,2H2,1H3,(H2,14,16)/b9-5+. The quantitative estimate of drug-likeness (QED) is 0.601. The molecule has 3 N–H and O–H groups in total. The van der Waals surface area contributed by atoms with E-state index >= 15 is 0 Å². The number of rotatable bonds is 4. The molecule has 0 bridgehead atoms. The number of nitrogens with two attached hydrogens (primary N) is 1. The monoisotopic (exact) mass is 232 g/mol. The van der Waals surface area contributed by atoms with Crippen LogP contribution in [0.2, 0.25) is 0 Å². The number of carbonyl (C=O) groups is 1. The summed E-state index contributed by atoms with van der Waals surface area (Å²) in [6.07, 6.45) is 1.34. The summed E-state index contributed by atoms with van der Waals surface area (Å²) < 4.78 is 5.17. The molecule has 0 spiro atoms. The molecular weight excluding hydrogens is 220 g/mol. The van der Waals surface area contributed by atoms with Gasteiger partial charge in [-0.1, -0.05) is 6.07 Å². The Bertz CT molecular complexity index is 501. The van der Waals surface area contributed by atoms with E-state index in [1.165, 1.54) is 18.2 Å². The molecule has 0 aliphatic rings. The summed E-state index contributed by atoms with van der Waals surface area (Å²) in [7, 11) is 0. The van der Waals surface area contributed by atoms with E-state index in [0.717, 1.165) is 0 Å². The molecule has 5 nitrogen and oxygen atoms in total. The number of hydrogen-bond acceptors (Lipinski definition) is 4. The maximum Gasteiger partial charge on any atom is 0.259 e. The second-order valence-corrected chi connectivity index (χ2v) is 3.19. The fourth-order valence-electron chi connectivity index (χ4n) is 1.22. The zero-order valence-corrected chi connectivity index (χ0v) is 9.30. The van der Waals surface area contributed by atoms with E-state index in [1.807, 2.05) is 0 Å². The highest BCUT2D eigenvalue weighted by atomic mass is 16.5. The van der Waals surface area contributed by atoms with E-state index in [2.05, 4.69) is 0 Å². The van der Waals surface area contributed by atoms with Crippen LogP contribution in [0.1, 0.15) is 12.5 Å². The summed E-state index contributed by atoms with van der Waals surface area (Å²) in [4.78, 5) is 10.9. The Hall–Kier alpha value is -2.48. The van der Waals surface area contributed by atoms with Crippen molar-refractivity contribution in [1.29, 1.82) is 5.26 Å². The molecule has 0 fully saturated rings. The lowest BCUT2D eigenvalue weighted by molar-refractivity contribution is -0.114. The molecule has 0 atom stereocenters. The summed E-state index contributed by atoms with van der Waals surface area (Å²) in [5.74, 6) is -0.497. The molecular formula is C12H12N2O3. The number of benzene rings is 1. The van der Waals surface area contributed by atoms with Gasteiger partial charge in [0, 0.05) is 0 Å². The van der Waals surface area contributed by atoms with Gasteiger partial charge in [-0.3, -0.25) is 4.79 Å². The predicted octanol–water partition coefficient (Wildman–Crippen LogP) is 1.18. The summed E-state index contributed by atoms with van der Waals surface area (Å²) in [6, 6.07) is 6.20. The Kier molecular flexibility index (Phi) is 4.12. The number of aromatic hydroxyl groups is 1. The number of amides is 1. The predicted molar refractivity (Wildman–Crippen MR) is 62.1 cm³/mol. The van der Waals surface area contributed by atoms with Crippen molar-refractivity contribution in [2.75, 3.05) is 6.61 Å². The van der Waals surface area contributed by atoms with E-state index in [4.69, 9.17) is 15.7 Å². The van der Waals surface area contributed by atoms with Crippen LogP contribution in [0, 0.1) is 11.3 Å². The van der Waals surface area contributed by atoms with Gasteiger partial charge in [-0.2, -0.15) is 5.26 Å². The van der Waals surface area contributed by atoms with E-state index < -0.39 is 5.91 Å². The number of nitrogens with zero attached hydrogens (tertiary/aromatic N) is 1. The lowest BCUT2D eigenvalue weighted by Gasteiger charge is -2.06. The van der Waals surface area contributed by atoms with Crippen LogP contribution in [0.3, 0.4) is 0 Å². The molecule has 1 aromatic carbocycles. The first-order valence-corrected chi connectivity index (χ1v) is 4.96. The average Bonchev–Trinajstić information content (AvgIpc) is 2.30. The first-order valence-electron chi connectivity index (χ1n) is 4.96. The van der Waals surface area contributed by atoms with Crippen molar-refractivity contribution in [3.05, 3.63) is 29.3 Å². The molecule has 0 saturated carbocycles. The molecule has 1 rings (SSSR count). The lowest BCUT2D eigenvalue weighted by atomic mass is 10.1. The average molecular weight is 232 g/mol. The molecule has 5 heteroatoms. The number of nitriles is 1. The van der Waals surface area contributed by atoms with Crippen LogP contribution in [-0.4, -0.2) is 17.6 Å². The second kappa shape index (κ2) is 5.56. The van der Waals surface area contributed by atoms with Gasteiger partial charge in [0.05, 0.1) is 6.61 Å². The minimum absolute atomic E-state index is 0.00147. The molecule has 0 aromatic heterocycles. The minimum Gasteiger partial charge on any atom is -0.504 e. The third-order valence-corrected chi connectivity index (χ3v) is 1.98. The van der Waals surface area contributed by atoms with Crippen molar-refractivity contribution in [3.8, 4) is 17.6 Å². The van der Waals surface area contributed by atoms with Crippen LogP contribution >= 0.6 is 0 Å². The van der Waals surface area contributed by atoms with Gasteiger partial charge in [0.15, 0.2) is 11.5 Å². The summed E-state index contributed by atoms with van der Waals surface area (Å²) >= 11 is 0. The van der Waals surface area contributed by atoms with Gasteiger partial charge in [-0.25, -0.2) is 0 Å². The largest absolute Gasteiger partial charge is 0.504 e. The normalized spacial score (nSPS) is 10.7. The minimum atomic E-state index is -0.793. The molecule has 1 amide bonds.